The van der Waals surface area contributed by atoms with Crippen molar-refractivity contribution >= 4 is 9.84 Å². The van der Waals surface area contributed by atoms with E-state index in [2.05, 4.69) is 25.2 Å². The fraction of sp³-hybridized carbons (Fsp3) is 0.538. The number of aryl methyl sites for hydroxylation is 1. The maximum atomic E-state index is 11.9. The van der Waals surface area contributed by atoms with Crippen LogP contribution in [0.2, 0.25) is 0 Å². The second-order valence-corrected chi connectivity index (χ2v) is 7.16. The van der Waals surface area contributed by atoms with Crippen molar-refractivity contribution in [2.45, 2.75) is 25.5 Å². The van der Waals surface area contributed by atoms with Crippen molar-refractivity contribution in [3.63, 3.8) is 0 Å². The van der Waals surface area contributed by atoms with Crippen LogP contribution in [-0.2, 0) is 16.3 Å². The third kappa shape index (κ3) is 2.69. The van der Waals surface area contributed by atoms with Gasteiger partial charge in [-0.2, -0.15) is 0 Å². The molecular formula is C13H19NO2S. The highest BCUT2D eigenvalue weighted by atomic mass is 32.2. The maximum Gasteiger partial charge on any atom is 0.155 e. The SMILES string of the molecule is Cc1cccc(CC2CNCCS2(=O)=O)c1C. The summed E-state index contributed by atoms with van der Waals surface area (Å²) in [5.74, 6) is 0.266. The molecule has 1 aliphatic heterocycles. The molecule has 1 atom stereocenters. The van der Waals surface area contributed by atoms with Crippen molar-refractivity contribution in [2.24, 2.45) is 0 Å². The van der Waals surface area contributed by atoms with Gasteiger partial charge in [-0.05, 0) is 37.0 Å². The van der Waals surface area contributed by atoms with Crippen LogP contribution < -0.4 is 5.32 Å². The molecule has 1 N–H and O–H groups in total. The van der Waals surface area contributed by atoms with E-state index >= 15 is 0 Å². The van der Waals surface area contributed by atoms with E-state index in [0.29, 0.717) is 19.5 Å². The average Bonchev–Trinajstić information content (AvgIpc) is 2.27. The molecule has 4 heteroatoms. The second kappa shape index (κ2) is 4.78. The van der Waals surface area contributed by atoms with Crippen LogP contribution in [0, 0.1) is 13.8 Å². The molecule has 1 heterocycles. The summed E-state index contributed by atoms with van der Waals surface area (Å²) in [6.07, 6.45) is 0.628. The molecule has 1 saturated heterocycles. The standard InChI is InChI=1S/C13H19NO2S/c1-10-4-3-5-12(11(10)2)8-13-9-14-6-7-17(13,15)16/h3-5,13-14H,6-9H2,1-2H3. The minimum Gasteiger partial charge on any atom is -0.314 e. The Kier molecular flexibility index (Phi) is 3.54. The van der Waals surface area contributed by atoms with Crippen LogP contribution in [0.15, 0.2) is 18.2 Å². The Morgan fingerprint density at radius 3 is 2.82 bits per heavy atom. The van der Waals surface area contributed by atoms with Crippen LogP contribution in [0.25, 0.3) is 0 Å². The fourth-order valence-corrected chi connectivity index (χ4v) is 3.82. The number of nitrogens with one attached hydrogen (secondary N) is 1. The normalized spacial score (nSPS) is 23.5. The second-order valence-electron chi connectivity index (χ2n) is 4.76. The maximum absolute atomic E-state index is 11.9. The van der Waals surface area contributed by atoms with E-state index in [1.54, 1.807) is 0 Å². The zero-order valence-electron chi connectivity index (χ0n) is 10.4. The first-order chi connectivity index (χ1) is 8.00. The van der Waals surface area contributed by atoms with Crippen molar-refractivity contribution in [3.05, 3.63) is 34.9 Å². The van der Waals surface area contributed by atoms with Gasteiger partial charge in [0.25, 0.3) is 0 Å². The van der Waals surface area contributed by atoms with Gasteiger partial charge in [0.15, 0.2) is 9.84 Å². The zero-order valence-corrected chi connectivity index (χ0v) is 11.2. The molecule has 0 amide bonds. The molecule has 1 aromatic rings. The van der Waals surface area contributed by atoms with Gasteiger partial charge in [-0.25, -0.2) is 8.42 Å². The first-order valence-electron chi connectivity index (χ1n) is 5.98. The third-order valence-corrected chi connectivity index (χ3v) is 5.73. The molecule has 0 spiro atoms. The topological polar surface area (TPSA) is 46.2 Å². The first kappa shape index (κ1) is 12.6. The largest absolute Gasteiger partial charge is 0.314 e. The van der Waals surface area contributed by atoms with E-state index < -0.39 is 9.84 Å². The summed E-state index contributed by atoms with van der Waals surface area (Å²) < 4.78 is 23.9. The molecule has 0 radical (unpaired) electrons. The van der Waals surface area contributed by atoms with E-state index in [0.717, 1.165) is 5.56 Å². The van der Waals surface area contributed by atoms with Gasteiger partial charge >= 0.3 is 0 Å². The summed E-state index contributed by atoms with van der Waals surface area (Å²) in [7, 11) is -2.91. The molecule has 1 unspecified atom stereocenters. The minimum absolute atomic E-state index is 0.266. The Morgan fingerprint density at radius 2 is 2.12 bits per heavy atom. The van der Waals surface area contributed by atoms with Crippen LogP contribution in [-0.4, -0.2) is 32.5 Å². The van der Waals surface area contributed by atoms with Gasteiger partial charge in [0.1, 0.15) is 0 Å². The number of hydrogen-bond donors (Lipinski definition) is 1. The lowest BCUT2D eigenvalue weighted by atomic mass is 9.99. The van der Waals surface area contributed by atoms with E-state index in [4.69, 9.17) is 0 Å². The van der Waals surface area contributed by atoms with Crippen LogP contribution in [0.5, 0.6) is 0 Å². The predicted octanol–water partition coefficient (Wildman–Crippen LogP) is 1.23. The van der Waals surface area contributed by atoms with Crippen molar-refractivity contribution in [1.82, 2.24) is 5.32 Å². The van der Waals surface area contributed by atoms with Crippen LogP contribution in [0.3, 0.4) is 0 Å². The lowest BCUT2D eigenvalue weighted by Crippen LogP contribution is -2.45. The molecule has 0 aromatic heterocycles. The lowest BCUT2D eigenvalue weighted by Gasteiger charge is -2.24. The van der Waals surface area contributed by atoms with Crippen molar-refractivity contribution in [2.75, 3.05) is 18.8 Å². The van der Waals surface area contributed by atoms with E-state index in [1.807, 2.05) is 12.1 Å². The Labute approximate surface area is 103 Å². The van der Waals surface area contributed by atoms with Crippen molar-refractivity contribution < 1.29 is 8.42 Å². The van der Waals surface area contributed by atoms with Crippen LogP contribution in [0.1, 0.15) is 16.7 Å². The first-order valence-corrected chi connectivity index (χ1v) is 7.69. The lowest BCUT2D eigenvalue weighted by molar-refractivity contribution is 0.543. The van der Waals surface area contributed by atoms with Gasteiger partial charge in [0, 0.05) is 13.1 Å². The van der Waals surface area contributed by atoms with Gasteiger partial charge < -0.3 is 5.32 Å². The van der Waals surface area contributed by atoms with Crippen molar-refractivity contribution in [1.29, 1.82) is 0 Å². The number of benzene rings is 1. The van der Waals surface area contributed by atoms with Crippen molar-refractivity contribution in [3.8, 4) is 0 Å². The van der Waals surface area contributed by atoms with Crippen LogP contribution in [0.4, 0.5) is 0 Å². The molecule has 17 heavy (non-hydrogen) atoms. The molecule has 2 rings (SSSR count). The van der Waals surface area contributed by atoms with Gasteiger partial charge in [0.2, 0.25) is 0 Å². The highest BCUT2D eigenvalue weighted by Crippen LogP contribution is 2.18. The highest BCUT2D eigenvalue weighted by Gasteiger charge is 2.28. The molecule has 94 valence electrons. The fourth-order valence-electron chi connectivity index (χ4n) is 2.25. The van der Waals surface area contributed by atoms with E-state index in [1.165, 1.54) is 11.1 Å². The number of hydrogen-bond acceptors (Lipinski definition) is 3. The van der Waals surface area contributed by atoms with Gasteiger partial charge in [-0.3, -0.25) is 0 Å². The summed E-state index contributed by atoms with van der Waals surface area (Å²) in [6, 6.07) is 6.10. The highest BCUT2D eigenvalue weighted by molar-refractivity contribution is 7.92. The quantitative estimate of drug-likeness (QED) is 0.862. The van der Waals surface area contributed by atoms with E-state index in [9.17, 15) is 8.42 Å². The molecule has 0 aliphatic carbocycles. The summed E-state index contributed by atoms with van der Waals surface area (Å²) in [6.45, 7) is 5.29. The van der Waals surface area contributed by atoms with Gasteiger partial charge in [-0.1, -0.05) is 18.2 Å². The molecule has 1 aliphatic rings. The molecular weight excluding hydrogens is 234 g/mol. The molecule has 0 saturated carbocycles. The van der Waals surface area contributed by atoms with E-state index in [-0.39, 0.29) is 11.0 Å². The summed E-state index contributed by atoms with van der Waals surface area (Å²) in [4.78, 5) is 0. The Hall–Kier alpha value is -0.870. The summed E-state index contributed by atoms with van der Waals surface area (Å²) in [5, 5.41) is 2.90. The molecule has 1 aromatic carbocycles. The molecule has 3 nitrogen and oxygen atoms in total. The average molecular weight is 253 g/mol. The molecule has 0 bridgehead atoms. The Bertz CT molecular complexity index is 508. The Morgan fingerprint density at radius 1 is 1.35 bits per heavy atom. The van der Waals surface area contributed by atoms with Crippen LogP contribution >= 0.6 is 0 Å². The number of rotatable bonds is 2. The summed E-state index contributed by atoms with van der Waals surface area (Å²) >= 11 is 0. The number of sulfone groups is 1. The third-order valence-electron chi connectivity index (χ3n) is 3.61. The van der Waals surface area contributed by atoms with Gasteiger partial charge in [0.05, 0.1) is 11.0 Å². The smallest absolute Gasteiger partial charge is 0.155 e. The monoisotopic (exact) mass is 253 g/mol. The minimum atomic E-state index is -2.91. The van der Waals surface area contributed by atoms with Gasteiger partial charge in [-0.15, -0.1) is 0 Å². The Balaban J connectivity index is 2.23. The summed E-state index contributed by atoms with van der Waals surface area (Å²) in [5.41, 5.74) is 3.60. The molecule has 1 fully saturated rings. The predicted molar refractivity (Wildman–Crippen MR) is 70.1 cm³/mol. The zero-order chi connectivity index (χ0) is 12.5.